The molecule has 0 saturated heterocycles. The maximum atomic E-state index is 13.2. The zero-order valence-corrected chi connectivity index (χ0v) is 26.0. The Hall–Kier alpha value is -4.95. The first-order valence-corrected chi connectivity index (χ1v) is 15.5. The van der Waals surface area contributed by atoms with E-state index in [0.717, 1.165) is 35.2 Å². The molecule has 8 heteroatoms. The summed E-state index contributed by atoms with van der Waals surface area (Å²) in [6.45, 7) is 2.85. The first-order valence-electron chi connectivity index (χ1n) is 15.5. The predicted molar refractivity (Wildman–Crippen MR) is 180 cm³/mol. The third-order valence-electron chi connectivity index (χ3n) is 7.79. The highest BCUT2D eigenvalue weighted by atomic mass is 16.5. The van der Waals surface area contributed by atoms with Gasteiger partial charge in [0, 0.05) is 42.5 Å². The molecular formula is C37H42N4O4. The second-order valence-corrected chi connectivity index (χ2v) is 11.1. The molecule has 0 spiro atoms. The lowest BCUT2D eigenvalue weighted by molar-refractivity contribution is -0.129. The summed E-state index contributed by atoms with van der Waals surface area (Å²) in [5, 5.41) is 15.6. The third kappa shape index (κ3) is 9.27. The summed E-state index contributed by atoms with van der Waals surface area (Å²) in [5.41, 5.74) is 6.78. The fourth-order valence-corrected chi connectivity index (χ4v) is 5.15. The molecule has 4 N–H and O–H groups in total. The lowest BCUT2D eigenvalue weighted by Gasteiger charge is -2.20. The largest absolute Gasteiger partial charge is 0.373 e. The highest BCUT2D eigenvalue weighted by Gasteiger charge is 2.22. The van der Waals surface area contributed by atoms with E-state index in [-0.39, 0.29) is 18.2 Å². The van der Waals surface area contributed by atoms with Gasteiger partial charge in [-0.3, -0.25) is 19.7 Å². The Morgan fingerprint density at radius 2 is 1.49 bits per heavy atom. The van der Waals surface area contributed by atoms with Gasteiger partial charge in [-0.1, -0.05) is 111 Å². The Balaban J connectivity index is 1.43. The Kier molecular flexibility index (Phi) is 12.3. The topological polar surface area (TPSA) is 111 Å². The quantitative estimate of drug-likeness (QED) is 0.0494. The molecule has 0 bridgehead atoms. The highest BCUT2D eigenvalue weighted by molar-refractivity contribution is 6.12. The van der Waals surface area contributed by atoms with Crippen molar-refractivity contribution in [2.45, 2.75) is 51.5 Å². The van der Waals surface area contributed by atoms with Gasteiger partial charge in [-0.25, -0.2) is 10.3 Å². The summed E-state index contributed by atoms with van der Waals surface area (Å²) in [5.74, 6) is -0.782. The molecule has 45 heavy (non-hydrogen) atoms. The molecule has 1 atom stereocenters. The van der Waals surface area contributed by atoms with E-state index in [1.54, 1.807) is 66.0 Å². The Morgan fingerprint density at radius 1 is 0.778 bits per heavy atom. The van der Waals surface area contributed by atoms with Crippen LogP contribution in [0.2, 0.25) is 0 Å². The van der Waals surface area contributed by atoms with Gasteiger partial charge in [0.1, 0.15) is 6.04 Å². The number of carbonyl (C=O) groups is 3. The second kappa shape index (κ2) is 16.8. The van der Waals surface area contributed by atoms with Gasteiger partial charge in [0.05, 0.1) is 0 Å². The number of hydrogen-bond donors (Lipinski definition) is 4. The fourth-order valence-electron chi connectivity index (χ4n) is 5.15. The van der Waals surface area contributed by atoms with Gasteiger partial charge >= 0.3 is 6.03 Å². The van der Waals surface area contributed by atoms with Crippen LogP contribution in [0.25, 0.3) is 11.1 Å². The minimum atomic E-state index is -0.840. The molecular weight excluding hydrogens is 564 g/mol. The van der Waals surface area contributed by atoms with E-state index in [1.165, 1.54) is 19.3 Å². The minimum Gasteiger partial charge on any atom is -0.373 e. The average molecular weight is 607 g/mol. The van der Waals surface area contributed by atoms with E-state index in [1.807, 2.05) is 54.6 Å². The van der Waals surface area contributed by atoms with Crippen LogP contribution in [-0.4, -0.2) is 42.6 Å². The van der Waals surface area contributed by atoms with Crippen molar-refractivity contribution < 1.29 is 19.6 Å². The second-order valence-electron chi connectivity index (χ2n) is 11.1. The number of rotatable bonds is 15. The van der Waals surface area contributed by atoms with Gasteiger partial charge in [0.15, 0.2) is 5.78 Å². The van der Waals surface area contributed by atoms with Crippen molar-refractivity contribution in [2.24, 2.45) is 0 Å². The summed E-state index contributed by atoms with van der Waals surface area (Å²) in [6.07, 6.45) is 5.97. The van der Waals surface area contributed by atoms with E-state index in [4.69, 9.17) is 0 Å². The average Bonchev–Trinajstić information content (AvgIpc) is 3.09. The first-order chi connectivity index (χ1) is 21.9. The van der Waals surface area contributed by atoms with Crippen LogP contribution < -0.4 is 21.0 Å². The number of ketones is 1. The van der Waals surface area contributed by atoms with E-state index in [2.05, 4.69) is 17.6 Å². The van der Waals surface area contributed by atoms with Crippen LogP contribution in [0.1, 0.15) is 60.5 Å². The molecule has 0 unspecified atom stereocenters. The number of carbonyl (C=O) groups excluding carboxylic acids is 3. The molecule has 0 aliphatic rings. The molecule has 0 radical (unpaired) electrons. The summed E-state index contributed by atoms with van der Waals surface area (Å²) >= 11 is 0. The van der Waals surface area contributed by atoms with Crippen LogP contribution in [0.5, 0.6) is 0 Å². The molecule has 8 nitrogen and oxygen atoms in total. The lowest BCUT2D eigenvalue weighted by atomic mass is 9.98. The Bertz CT molecular complexity index is 1560. The lowest BCUT2D eigenvalue weighted by Crippen LogP contribution is -2.40. The van der Waals surface area contributed by atoms with Crippen molar-refractivity contribution in [3.8, 4) is 11.1 Å². The third-order valence-corrected chi connectivity index (χ3v) is 7.79. The van der Waals surface area contributed by atoms with Crippen LogP contribution in [0, 0.1) is 0 Å². The molecule has 4 rings (SSSR count). The molecule has 4 aromatic carbocycles. The van der Waals surface area contributed by atoms with Crippen LogP contribution in [0.3, 0.4) is 0 Å². The van der Waals surface area contributed by atoms with Crippen LogP contribution >= 0.6 is 0 Å². The number of nitrogens with zero attached hydrogens (tertiary/aromatic N) is 1. The predicted octanol–water partition coefficient (Wildman–Crippen LogP) is 7.23. The van der Waals surface area contributed by atoms with Gasteiger partial charge < -0.3 is 10.6 Å². The molecule has 234 valence electrons. The zero-order chi connectivity index (χ0) is 32.0. The summed E-state index contributed by atoms with van der Waals surface area (Å²) in [6, 6.07) is 30.6. The number of amides is 3. The standard InChI is InChI=1S/C37H42N4O4/c1-3-4-5-6-12-24-38-37(44)41(2)31-17-13-16-30(26-31)28-22-20-27(21-23-28)25-34(36(43)40-45)39-33-19-11-10-18-32(33)35(42)29-14-8-7-9-15-29/h7-11,13-23,26,34,39,45H,3-6,12,24-25H2,1-2H3,(H,38,44)(H,40,43)/t34-/m0/s1. The zero-order valence-electron chi connectivity index (χ0n) is 26.0. The molecule has 4 aromatic rings. The van der Waals surface area contributed by atoms with Crippen LogP contribution in [0.4, 0.5) is 16.2 Å². The molecule has 0 saturated carbocycles. The summed E-state index contributed by atoms with van der Waals surface area (Å²) < 4.78 is 0. The monoisotopic (exact) mass is 606 g/mol. The number of nitrogens with one attached hydrogen (secondary N) is 3. The van der Waals surface area contributed by atoms with Crippen molar-refractivity contribution in [1.29, 1.82) is 0 Å². The normalized spacial score (nSPS) is 11.4. The van der Waals surface area contributed by atoms with Crippen molar-refractivity contribution in [3.05, 3.63) is 120 Å². The van der Waals surface area contributed by atoms with E-state index in [9.17, 15) is 19.6 Å². The Labute approximate surface area is 265 Å². The van der Waals surface area contributed by atoms with Crippen LogP contribution in [-0.2, 0) is 11.2 Å². The van der Waals surface area contributed by atoms with Crippen molar-refractivity contribution >= 4 is 29.1 Å². The maximum Gasteiger partial charge on any atom is 0.321 e. The van der Waals surface area contributed by atoms with Gasteiger partial charge in [0.25, 0.3) is 5.91 Å². The molecule has 0 aliphatic carbocycles. The van der Waals surface area contributed by atoms with Crippen LogP contribution in [0.15, 0.2) is 103 Å². The minimum absolute atomic E-state index is 0.134. The van der Waals surface area contributed by atoms with E-state index < -0.39 is 11.9 Å². The highest BCUT2D eigenvalue weighted by Crippen LogP contribution is 2.26. The van der Waals surface area contributed by atoms with Gasteiger partial charge in [0.2, 0.25) is 0 Å². The molecule has 0 heterocycles. The number of urea groups is 1. The van der Waals surface area contributed by atoms with Crippen molar-refractivity contribution in [1.82, 2.24) is 10.8 Å². The molecule has 0 aromatic heterocycles. The fraction of sp³-hybridized carbons (Fsp3) is 0.270. The van der Waals surface area contributed by atoms with E-state index >= 15 is 0 Å². The number of para-hydroxylation sites is 1. The number of anilines is 2. The number of hydrogen-bond acceptors (Lipinski definition) is 5. The van der Waals surface area contributed by atoms with Crippen molar-refractivity contribution in [3.63, 3.8) is 0 Å². The Morgan fingerprint density at radius 3 is 2.22 bits per heavy atom. The van der Waals surface area contributed by atoms with Gasteiger partial charge in [-0.05, 0) is 47.4 Å². The van der Waals surface area contributed by atoms with E-state index in [0.29, 0.717) is 23.4 Å². The van der Waals surface area contributed by atoms with Gasteiger partial charge in [-0.2, -0.15) is 0 Å². The molecule has 0 fully saturated rings. The molecule has 3 amide bonds. The smallest absolute Gasteiger partial charge is 0.321 e. The summed E-state index contributed by atoms with van der Waals surface area (Å²) in [7, 11) is 1.76. The number of hydroxylamine groups is 1. The maximum absolute atomic E-state index is 13.2. The summed E-state index contributed by atoms with van der Waals surface area (Å²) in [4.78, 5) is 40.2. The van der Waals surface area contributed by atoms with Crippen molar-refractivity contribution in [2.75, 3.05) is 23.8 Å². The first kappa shape index (κ1) is 33.0. The number of benzene rings is 4. The SMILES string of the molecule is CCCCCCCNC(=O)N(C)c1cccc(-c2ccc(C[C@H](Nc3ccccc3C(=O)c3ccccc3)C(=O)NO)cc2)c1. The van der Waals surface area contributed by atoms with Gasteiger partial charge in [-0.15, -0.1) is 0 Å². The number of unbranched alkanes of at least 4 members (excludes halogenated alkanes) is 4. The molecule has 0 aliphatic heterocycles.